The summed E-state index contributed by atoms with van der Waals surface area (Å²) >= 11 is 3.01. The number of hydrogen-bond donors (Lipinski definition) is 4. The van der Waals surface area contributed by atoms with E-state index >= 15 is 0 Å². The highest BCUT2D eigenvalue weighted by Gasteiger charge is 2.39. The first-order chi connectivity index (χ1) is 17.0. The highest BCUT2D eigenvalue weighted by atomic mass is 32.2. The molecule has 0 aliphatic carbocycles. The Morgan fingerprint density at radius 2 is 1.72 bits per heavy atom. The van der Waals surface area contributed by atoms with Gasteiger partial charge in [-0.05, 0) is 41.3 Å². The summed E-state index contributed by atoms with van der Waals surface area (Å²) in [4.78, 5) is 39.7. The van der Waals surface area contributed by atoms with Gasteiger partial charge in [0, 0.05) is 5.75 Å². The fourth-order valence-corrected chi connectivity index (χ4v) is 5.81. The van der Waals surface area contributed by atoms with Crippen LogP contribution in [0.1, 0.15) is 41.0 Å². The summed E-state index contributed by atoms with van der Waals surface area (Å²) in [5.41, 5.74) is 1.61. The largest absolute Gasteiger partial charge is 0.495 e. The topological polar surface area (TPSA) is 117 Å². The highest BCUT2D eigenvalue weighted by molar-refractivity contribution is 8.01. The molecule has 0 saturated carbocycles. The predicted octanol–water partition coefficient (Wildman–Crippen LogP) is 4.80. The Morgan fingerprint density at radius 1 is 1.03 bits per heavy atom. The predicted molar refractivity (Wildman–Crippen MR) is 144 cm³/mol. The van der Waals surface area contributed by atoms with Gasteiger partial charge in [-0.25, -0.2) is 5.48 Å². The van der Waals surface area contributed by atoms with Gasteiger partial charge < -0.3 is 15.4 Å². The number of nitrogens with one attached hydrogen (secondary N) is 3. The number of amides is 3. The van der Waals surface area contributed by atoms with Crippen molar-refractivity contribution in [3.05, 3.63) is 41.8 Å². The SMILES string of the molecule is COc1ccccc1NC(=O)C(NC(=O)[C@H](CC(C)C)[C@H](CSc1cccs1)C(=O)NO)C(C)(C)C. The molecule has 3 amide bonds. The molecule has 36 heavy (non-hydrogen) atoms. The number of hydroxylamine groups is 1. The average molecular weight is 536 g/mol. The lowest BCUT2D eigenvalue weighted by Gasteiger charge is -2.33. The van der Waals surface area contributed by atoms with E-state index in [1.807, 2.05) is 52.1 Å². The summed E-state index contributed by atoms with van der Waals surface area (Å²) in [6.07, 6.45) is 0.417. The number of thiophene rings is 1. The summed E-state index contributed by atoms with van der Waals surface area (Å²) in [7, 11) is 1.52. The van der Waals surface area contributed by atoms with Crippen molar-refractivity contribution in [3.8, 4) is 5.75 Å². The number of methoxy groups -OCH3 is 1. The maximum Gasteiger partial charge on any atom is 0.248 e. The number of hydrogen-bond acceptors (Lipinski definition) is 7. The molecule has 0 aliphatic heterocycles. The zero-order chi connectivity index (χ0) is 26.9. The van der Waals surface area contributed by atoms with Gasteiger partial charge >= 0.3 is 0 Å². The zero-order valence-electron chi connectivity index (χ0n) is 21.7. The first-order valence-corrected chi connectivity index (χ1v) is 13.7. The lowest BCUT2D eigenvalue weighted by atomic mass is 9.82. The van der Waals surface area contributed by atoms with Gasteiger partial charge in [-0.15, -0.1) is 23.1 Å². The summed E-state index contributed by atoms with van der Waals surface area (Å²) < 4.78 is 6.34. The molecule has 0 radical (unpaired) electrons. The third-order valence-corrected chi connectivity index (χ3v) is 7.92. The van der Waals surface area contributed by atoms with E-state index in [1.54, 1.807) is 41.1 Å². The van der Waals surface area contributed by atoms with Crippen molar-refractivity contribution in [2.75, 3.05) is 18.2 Å². The van der Waals surface area contributed by atoms with E-state index in [2.05, 4.69) is 10.6 Å². The summed E-state index contributed by atoms with van der Waals surface area (Å²) in [5.74, 6) is -2.02. The molecule has 2 rings (SSSR count). The Kier molecular flexibility index (Phi) is 11.3. The van der Waals surface area contributed by atoms with Crippen LogP contribution in [0.25, 0.3) is 0 Å². The number of anilines is 1. The van der Waals surface area contributed by atoms with Gasteiger partial charge in [-0.1, -0.05) is 52.8 Å². The number of carbonyl (C=O) groups is 3. The maximum absolute atomic E-state index is 13.7. The number of benzene rings is 1. The van der Waals surface area contributed by atoms with Crippen LogP contribution in [0.5, 0.6) is 5.75 Å². The second kappa shape index (κ2) is 13.7. The molecule has 1 aromatic carbocycles. The second-order valence-corrected chi connectivity index (χ2v) is 12.3. The van der Waals surface area contributed by atoms with Crippen LogP contribution in [0.3, 0.4) is 0 Å². The quantitative estimate of drug-likeness (QED) is 0.176. The van der Waals surface area contributed by atoms with E-state index < -0.39 is 35.1 Å². The monoisotopic (exact) mass is 535 g/mol. The second-order valence-electron chi connectivity index (χ2n) is 10.1. The molecule has 1 heterocycles. The van der Waals surface area contributed by atoms with Crippen LogP contribution < -0.4 is 20.9 Å². The third-order valence-electron chi connectivity index (χ3n) is 5.67. The van der Waals surface area contributed by atoms with Crippen molar-refractivity contribution >= 4 is 46.5 Å². The van der Waals surface area contributed by atoms with E-state index in [0.29, 0.717) is 23.6 Å². The summed E-state index contributed by atoms with van der Waals surface area (Å²) in [6.45, 7) is 9.53. The normalized spacial score (nSPS) is 14.0. The van der Waals surface area contributed by atoms with Crippen LogP contribution in [0.15, 0.2) is 46.0 Å². The van der Waals surface area contributed by atoms with Crippen LogP contribution in [0.4, 0.5) is 5.69 Å². The molecular weight excluding hydrogens is 498 g/mol. The molecule has 1 aromatic heterocycles. The Hall–Kier alpha value is -2.56. The maximum atomic E-state index is 13.7. The van der Waals surface area contributed by atoms with Crippen molar-refractivity contribution in [2.24, 2.45) is 23.2 Å². The van der Waals surface area contributed by atoms with Gasteiger partial charge in [0.2, 0.25) is 17.7 Å². The zero-order valence-corrected chi connectivity index (χ0v) is 23.3. The van der Waals surface area contributed by atoms with Crippen molar-refractivity contribution in [2.45, 2.75) is 51.3 Å². The third kappa shape index (κ3) is 8.53. The first kappa shape index (κ1) is 29.7. The minimum atomic E-state index is -0.882. The minimum Gasteiger partial charge on any atom is -0.495 e. The molecule has 0 saturated heterocycles. The van der Waals surface area contributed by atoms with E-state index in [9.17, 15) is 19.6 Å². The molecule has 0 aliphatic rings. The first-order valence-electron chi connectivity index (χ1n) is 11.8. The molecule has 198 valence electrons. The molecule has 3 atom stereocenters. The van der Waals surface area contributed by atoms with Gasteiger partial charge in [0.15, 0.2) is 0 Å². The Balaban J connectivity index is 2.30. The van der Waals surface area contributed by atoms with Crippen molar-refractivity contribution in [3.63, 3.8) is 0 Å². The van der Waals surface area contributed by atoms with E-state index in [0.717, 1.165) is 4.21 Å². The molecule has 10 heteroatoms. The van der Waals surface area contributed by atoms with Crippen LogP contribution in [0.2, 0.25) is 0 Å². The standard InChI is InChI=1S/C26H37N3O5S2/c1-16(2)14-17(18(24(31)29-33)15-36-21-12-9-13-35-21)23(30)28-22(26(3,4)5)25(32)27-19-10-7-8-11-20(19)34-6/h7-13,16-18,22,33H,14-15H2,1-6H3,(H,27,32)(H,28,30)(H,29,31)/t17-,18+,22?/m1/s1. The van der Waals surface area contributed by atoms with Crippen molar-refractivity contribution in [1.29, 1.82) is 0 Å². The molecule has 1 unspecified atom stereocenters. The summed E-state index contributed by atoms with van der Waals surface area (Å²) in [5, 5.41) is 17.1. The lowest BCUT2D eigenvalue weighted by molar-refractivity contribution is -0.141. The lowest BCUT2D eigenvalue weighted by Crippen LogP contribution is -2.54. The van der Waals surface area contributed by atoms with E-state index in [4.69, 9.17) is 4.74 Å². The number of carbonyl (C=O) groups excluding carboxylic acids is 3. The minimum absolute atomic E-state index is 0.108. The van der Waals surface area contributed by atoms with Gasteiger partial charge in [-0.2, -0.15) is 0 Å². The van der Waals surface area contributed by atoms with Crippen molar-refractivity contribution in [1.82, 2.24) is 10.8 Å². The van der Waals surface area contributed by atoms with E-state index in [-0.39, 0.29) is 11.8 Å². The molecule has 2 aromatic rings. The number of para-hydroxylation sites is 2. The van der Waals surface area contributed by atoms with E-state index in [1.165, 1.54) is 18.9 Å². The van der Waals surface area contributed by atoms with Gasteiger partial charge in [0.25, 0.3) is 0 Å². The number of thioether (sulfide) groups is 1. The summed E-state index contributed by atoms with van der Waals surface area (Å²) in [6, 6.07) is 10.0. The van der Waals surface area contributed by atoms with Crippen LogP contribution in [-0.2, 0) is 14.4 Å². The fraction of sp³-hybridized carbons (Fsp3) is 0.500. The van der Waals surface area contributed by atoms with Crippen LogP contribution in [-0.4, -0.2) is 41.8 Å². The Bertz CT molecular complexity index is 1010. The average Bonchev–Trinajstić information content (AvgIpc) is 3.34. The molecule has 0 spiro atoms. The number of ether oxygens (including phenoxy) is 1. The van der Waals surface area contributed by atoms with Gasteiger partial charge in [-0.3, -0.25) is 19.6 Å². The molecule has 8 nitrogen and oxygen atoms in total. The fourth-order valence-electron chi connectivity index (χ4n) is 3.81. The molecular formula is C26H37N3O5S2. The van der Waals surface area contributed by atoms with Crippen molar-refractivity contribution < 1.29 is 24.3 Å². The molecule has 4 N–H and O–H groups in total. The van der Waals surface area contributed by atoms with Crippen LogP contribution in [0, 0.1) is 23.2 Å². The Morgan fingerprint density at radius 3 is 2.28 bits per heavy atom. The van der Waals surface area contributed by atoms with Gasteiger partial charge in [0.05, 0.1) is 28.8 Å². The molecule has 0 fully saturated rings. The number of rotatable bonds is 12. The molecule has 0 bridgehead atoms. The van der Waals surface area contributed by atoms with Gasteiger partial charge in [0.1, 0.15) is 11.8 Å². The highest BCUT2D eigenvalue weighted by Crippen LogP contribution is 2.32. The van der Waals surface area contributed by atoms with Crippen LogP contribution >= 0.6 is 23.1 Å². The smallest absolute Gasteiger partial charge is 0.248 e. The Labute approximate surface area is 221 Å².